The number of hydrogen-bond donors (Lipinski definition) is 2. The predicted molar refractivity (Wildman–Crippen MR) is 80.0 cm³/mol. The highest BCUT2D eigenvalue weighted by Crippen LogP contribution is 2.14. The number of ether oxygens (including phenoxy) is 1. The summed E-state index contributed by atoms with van der Waals surface area (Å²) in [6, 6.07) is 0. The minimum absolute atomic E-state index is 0.0597. The molecule has 0 aliphatic carbocycles. The number of aliphatic hydroxyl groups is 2. The van der Waals surface area contributed by atoms with Crippen molar-refractivity contribution in [1.29, 1.82) is 0 Å². The quantitative estimate of drug-likeness (QED) is 0.324. The van der Waals surface area contributed by atoms with E-state index in [0.717, 1.165) is 25.0 Å². The summed E-state index contributed by atoms with van der Waals surface area (Å²) in [6.45, 7) is 4.72. The molecule has 19 heavy (non-hydrogen) atoms. The van der Waals surface area contributed by atoms with Crippen LogP contribution in [0.5, 0.6) is 0 Å². The second kappa shape index (κ2) is 13.6. The van der Waals surface area contributed by atoms with Crippen LogP contribution >= 0.6 is 0 Å². The highest BCUT2D eigenvalue weighted by atomic mass is 16.5. The Bertz CT molecular complexity index is 257. The van der Waals surface area contributed by atoms with Crippen molar-refractivity contribution in [2.75, 3.05) is 19.8 Å². The average molecular weight is 270 g/mol. The van der Waals surface area contributed by atoms with Gasteiger partial charge in [-0.05, 0) is 44.8 Å². The van der Waals surface area contributed by atoms with Crippen molar-refractivity contribution in [3.63, 3.8) is 0 Å². The zero-order valence-corrected chi connectivity index (χ0v) is 12.5. The number of aliphatic hydroxyl groups excluding tert-OH is 2. The number of hydrogen-bond acceptors (Lipinski definition) is 3. The van der Waals surface area contributed by atoms with E-state index in [1.54, 1.807) is 0 Å². The Morgan fingerprint density at radius 2 is 1.58 bits per heavy atom. The molecule has 0 saturated carbocycles. The van der Waals surface area contributed by atoms with Crippen molar-refractivity contribution in [1.82, 2.24) is 0 Å². The second-order valence-electron chi connectivity index (χ2n) is 4.79. The van der Waals surface area contributed by atoms with E-state index in [1.165, 1.54) is 31.3 Å². The van der Waals surface area contributed by atoms with Crippen LogP contribution in [0.3, 0.4) is 0 Å². The van der Waals surface area contributed by atoms with Gasteiger partial charge in [0.2, 0.25) is 0 Å². The topological polar surface area (TPSA) is 49.7 Å². The Hall–Kier alpha value is -0.800. The molecule has 0 rings (SSSR count). The van der Waals surface area contributed by atoms with Gasteiger partial charge in [0.25, 0.3) is 0 Å². The molecule has 0 aromatic carbocycles. The molecular formula is C16H30O3. The zero-order valence-electron chi connectivity index (χ0n) is 12.5. The van der Waals surface area contributed by atoms with Crippen LogP contribution < -0.4 is 0 Å². The highest BCUT2D eigenvalue weighted by molar-refractivity contribution is 5.19. The Morgan fingerprint density at radius 1 is 0.947 bits per heavy atom. The maximum Gasteiger partial charge on any atom is 0.111 e. The monoisotopic (exact) mass is 270 g/mol. The lowest BCUT2D eigenvalue weighted by atomic mass is 10.0. The summed E-state index contributed by atoms with van der Waals surface area (Å²) in [7, 11) is 0. The van der Waals surface area contributed by atoms with Gasteiger partial charge in [-0.1, -0.05) is 31.8 Å². The highest BCUT2D eigenvalue weighted by Gasteiger charge is 1.97. The minimum Gasteiger partial charge on any atom is -0.496 e. The fourth-order valence-corrected chi connectivity index (χ4v) is 1.96. The van der Waals surface area contributed by atoms with Crippen LogP contribution in [0.25, 0.3) is 0 Å². The van der Waals surface area contributed by atoms with E-state index in [4.69, 9.17) is 14.9 Å². The van der Waals surface area contributed by atoms with E-state index >= 15 is 0 Å². The van der Waals surface area contributed by atoms with Gasteiger partial charge in [0.05, 0.1) is 12.4 Å². The van der Waals surface area contributed by atoms with Crippen LogP contribution in [0.1, 0.15) is 58.8 Å². The van der Waals surface area contributed by atoms with Gasteiger partial charge >= 0.3 is 0 Å². The standard InChI is InChI=1S/C16H30O3/c1-3-16(14-15(2)19-13-12-18)10-8-6-4-5-7-9-11-17/h3,14,17-18H,4-13H2,1-2H3/b15-14+,16-3-. The third-order valence-electron chi connectivity index (χ3n) is 3.05. The Kier molecular flexibility index (Phi) is 13.1. The maximum absolute atomic E-state index is 8.69. The molecule has 0 radical (unpaired) electrons. The first-order chi connectivity index (χ1) is 9.24. The normalized spacial score (nSPS) is 12.8. The molecule has 0 amide bonds. The molecule has 0 aliphatic heterocycles. The van der Waals surface area contributed by atoms with Gasteiger partial charge in [-0.3, -0.25) is 0 Å². The van der Waals surface area contributed by atoms with E-state index in [9.17, 15) is 0 Å². The molecule has 0 aliphatic rings. The van der Waals surface area contributed by atoms with Crippen molar-refractivity contribution in [3.8, 4) is 0 Å². The molecule has 3 heteroatoms. The molecule has 0 heterocycles. The van der Waals surface area contributed by atoms with Gasteiger partial charge in [-0.15, -0.1) is 0 Å². The summed E-state index contributed by atoms with van der Waals surface area (Å²) in [4.78, 5) is 0. The van der Waals surface area contributed by atoms with Crippen molar-refractivity contribution in [3.05, 3.63) is 23.5 Å². The first-order valence-corrected chi connectivity index (χ1v) is 7.42. The molecule has 112 valence electrons. The summed E-state index contributed by atoms with van der Waals surface area (Å²) in [5, 5.41) is 17.4. The van der Waals surface area contributed by atoms with E-state index in [2.05, 4.69) is 12.2 Å². The molecular weight excluding hydrogens is 240 g/mol. The van der Waals surface area contributed by atoms with Crippen molar-refractivity contribution in [2.45, 2.75) is 58.8 Å². The van der Waals surface area contributed by atoms with Crippen molar-refractivity contribution >= 4 is 0 Å². The fraction of sp³-hybridized carbons (Fsp3) is 0.750. The maximum atomic E-state index is 8.69. The first kappa shape index (κ1) is 18.2. The predicted octanol–water partition coefficient (Wildman–Crippen LogP) is 3.57. The van der Waals surface area contributed by atoms with E-state index in [-0.39, 0.29) is 6.61 Å². The third-order valence-corrected chi connectivity index (χ3v) is 3.05. The largest absolute Gasteiger partial charge is 0.496 e. The molecule has 0 atom stereocenters. The van der Waals surface area contributed by atoms with E-state index in [0.29, 0.717) is 13.2 Å². The average Bonchev–Trinajstić information content (AvgIpc) is 2.42. The number of rotatable bonds is 12. The van der Waals surface area contributed by atoms with Gasteiger partial charge in [-0.2, -0.15) is 0 Å². The molecule has 3 nitrogen and oxygen atoms in total. The molecule has 0 aromatic heterocycles. The smallest absolute Gasteiger partial charge is 0.111 e. The van der Waals surface area contributed by atoms with Crippen LogP contribution in [-0.2, 0) is 4.74 Å². The molecule has 0 saturated heterocycles. The lowest BCUT2D eigenvalue weighted by Crippen LogP contribution is -1.97. The van der Waals surface area contributed by atoms with E-state index in [1.807, 2.05) is 13.8 Å². The van der Waals surface area contributed by atoms with Crippen LogP contribution in [0.15, 0.2) is 23.5 Å². The first-order valence-electron chi connectivity index (χ1n) is 7.42. The van der Waals surface area contributed by atoms with Crippen LogP contribution in [0, 0.1) is 0 Å². The van der Waals surface area contributed by atoms with Crippen LogP contribution in [0.2, 0.25) is 0 Å². The molecule has 2 N–H and O–H groups in total. The Balaban J connectivity index is 3.71. The third kappa shape index (κ3) is 12.0. The molecule has 0 unspecified atom stereocenters. The summed E-state index contributed by atoms with van der Waals surface area (Å²) < 4.78 is 5.34. The molecule has 0 fully saturated rings. The number of unbranched alkanes of at least 4 members (excludes halogenated alkanes) is 5. The van der Waals surface area contributed by atoms with Gasteiger partial charge < -0.3 is 14.9 Å². The SMILES string of the molecule is C/C=C(\C=C(/C)OCCO)CCCCCCCCO. The summed E-state index contributed by atoms with van der Waals surface area (Å²) in [6.07, 6.45) is 12.2. The zero-order chi connectivity index (χ0) is 14.3. The molecule has 0 spiro atoms. The van der Waals surface area contributed by atoms with Gasteiger partial charge in [-0.25, -0.2) is 0 Å². The van der Waals surface area contributed by atoms with Crippen molar-refractivity contribution < 1.29 is 14.9 Å². The van der Waals surface area contributed by atoms with Crippen LogP contribution in [-0.4, -0.2) is 30.0 Å². The fourth-order valence-electron chi connectivity index (χ4n) is 1.96. The molecule has 0 bridgehead atoms. The Morgan fingerprint density at radius 3 is 2.16 bits per heavy atom. The minimum atomic E-state index is 0.0597. The van der Waals surface area contributed by atoms with Gasteiger partial charge in [0.1, 0.15) is 6.61 Å². The summed E-state index contributed by atoms with van der Waals surface area (Å²) in [5.41, 5.74) is 1.30. The summed E-state index contributed by atoms with van der Waals surface area (Å²) >= 11 is 0. The lowest BCUT2D eigenvalue weighted by Gasteiger charge is -2.07. The van der Waals surface area contributed by atoms with Crippen LogP contribution in [0.4, 0.5) is 0 Å². The Labute approximate surface area is 118 Å². The molecule has 0 aromatic rings. The van der Waals surface area contributed by atoms with Gasteiger partial charge in [0.15, 0.2) is 0 Å². The lowest BCUT2D eigenvalue weighted by molar-refractivity contribution is 0.146. The van der Waals surface area contributed by atoms with Gasteiger partial charge in [0, 0.05) is 6.61 Å². The number of allylic oxidation sites excluding steroid dienone is 4. The van der Waals surface area contributed by atoms with E-state index < -0.39 is 0 Å². The summed E-state index contributed by atoms with van der Waals surface area (Å²) in [5.74, 6) is 0.866. The van der Waals surface area contributed by atoms with Crippen molar-refractivity contribution in [2.24, 2.45) is 0 Å². The second-order valence-corrected chi connectivity index (χ2v) is 4.79.